The standard InChI is InChI=1S/C18H15ClN2O5/c1-2-10-3-5-13-11(7-10)8-16(26-18(13)23)17(22)20-15-6-4-12(21(24)25)9-14(15)19/h3-7,9,16H,2,8H2,1H3,(H,20,22). The number of hydrogen-bond acceptors (Lipinski definition) is 5. The minimum atomic E-state index is -0.992. The normalized spacial score (nSPS) is 15.8. The molecule has 0 spiro atoms. The summed E-state index contributed by atoms with van der Waals surface area (Å²) in [5.74, 6) is -1.09. The van der Waals surface area contributed by atoms with Gasteiger partial charge >= 0.3 is 5.97 Å². The summed E-state index contributed by atoms with van der Waals surface area (Å²) in [6, 6.07) is 9.18. The fourth-order valence-electron chi connectivity index (χ4n) is 2.75. The van der Waals surface area contributed by atoms with Gasteiger partial charge in [-0.05, 0) is 29.7 Å². The molecule has 8 heteroatoms. The van der Waals surface area contributed by atoms with Gasteiger partial charge in [-0.2, -0.15) is 0 Å². The van der Waals surface area contributed by atoms with E-state index >= 15 is 0 Å². The predicted molar refractivity (Wildman–Crippen MR) is 95.5 cm³/mol. The van der Waals surface area contributed by atoms with Gasteiger partial charge in [-0.3, -0.25) is 14.9 Å². The molecule has 1 atom stereocenters. The summed E-state index contributed by atoms with van der Waals surface area (Å²) in [6.45, 7) is 2.00. The molecule has 1 heterocycles. The maximum Gasteiger partial charge on any atom is 0.339 e. The van der Waals surface area contributed by atoms with Crippen molar-refractivity contribution >= 4 is 34.9 Å². The molecule has 0 aromatic heterocycles. The lowest BCUT2D eigenvalue weighted by Gasteiger charge is -2.24. The minimum absolute atomic E-state index is 0.0309. The van der Waals surface area contributed by atoms with Crippen molar-refractivity contribution in [1.29, 1.82) is 0 Å². The first-order chi connectivity index (χ1) is 12.4. The lowest BCUT2D eigenvalue weighted by Crippen LogP contribution is -2.38. The number of aryl methyl sites for hydroxylation is 1. The summed E-state index contributed by atoms with van der Waals surface area (Å²) >= 11 is 5.98. The molecule has 1 aliphatic rings. The first-order valence-electron chi connectivity index (χ1n) is 7.96. The van der Waals surface area contributed by atoms with E-state index in [0.717, 1.165) is 23.6 Å². The van der Waals surface area contributed by atoms with E-state index in [1.165, 1.54) is 12.1 Å². The molecule has 1 unspecified atom stereocenters. The van der Waals surface area contributed by atoms with Gasteiger partial charge in [0.1, 0.15) is 0 Å². The predicted octanol–water partition coefficient (Wildman–Crippen LogP) is 3.53. The summed E-state index contributed by atoms with van der Waals surface area (Å²) in [6.07, 6.45) is 0.0801. The van der Waals surface area contributed by atoms with Gasteiger partial charge in [0.25, 0.3) is 11.6 Å². The molecule has 26 heavy (non-hydrogen) atoms. The van der Waals surface area contributed by atoms with E-state index in [1.807, 2.05) is 19.1 Å². The molecule has 1 amide bonds. The summed E-state index contributed by atoms with van der Waals surface area (Å²) in [7, 11) is 0. The van der Waals surface area contributed by atoms with Crippen LogP contribution in [0.15, 0.2) is 36.4 Å². The Morgan fingerprint density at radius 2 is 2.12 bits per heavy atom. The Labute approximate surface area is 154 Å². The van der Waals surface area contributed by atoms with Crippen LogP contribution >= 0.6 is 11.6 Å². The SMILES string of the molecule is CCc1ccc2c(c1)CC(C(=O)Nc1ccc([N+](=O)[O-])cc1Cl)OC2=O. The Hall–Kier alpha value is -2.93. The van der Waals surface area contributed by atoms with Crippen LogP contribution in [0.25, 0.3) is 0 Å². The third kappa shape index (κ3) is 3.52. The van der Waals surface area contributed by atoms with Crippen LogP contribution in [-0.4, -0.2) is 22.9 Å². The molecule has 2 aromatic carbocycles. The lowest BCUT2D eigenvalue weighted by molar-refractivity contribution is -0.384. The van der Waals surface area contributed by atoms with Crippen molar-refractivity contribution in [3.63, 3.8) is 0 Å². The molecule has 0 bridgehead atoms. The third-order valence-corrected chi connectivity index (χ3v) is 4.48. The highest BCUT2D eigenvalue weighted by Gasteiger charge is 2.31. The Morgan fingerprint density at radius 3 is 2.77 bits per heavy atom. The number of nitro benzene ring substituents is 1. The summed E-state index contributed by atoms with van der Waals surface area (Å²) < 4.78 is 5.22. The number of cyclic esters (lactones) is 1. The second-order valence-corrected chi connectivity index (χ2v) is 6.26. The molecular weight excluding hydrogens is 360 g/mol. The van der Waals surface area contributed by atoms with E-state index in [2.05, 4.69) is 5.32 Å². The van der Waals surface area contributed by atoms with E-state index in [4.69, 9.17) is 16.3 Å². The van der Waals surface area contributed by atoms with Gasteiger partial charge in [-0.1, -0.05) is 30.7 Å². The summed E-state index contributed by atoms with van der Waals surface area (Å²) in [4.78, 5) is 34.8. The number of carbonyl (C=O) groups is 2. The highest BCUT2D eigenvalue weighted by atomic mass is 35.5. The van der Waals surface area contributed by atoms with Crippen molar-refractivity contribution < 1.29 is 19.2 Å². The second kappa shape index (κ2) is 7.13. The number of ether oxygens (including phenoxy) is 1. The number of non-ortho nitro benzene ring substituents is 1. The molecule has 0 fully saturated rings. The highest BCUT2D eigenvalue weighted by Crippen LogP contribution is 2.28. The number of esters is 1. The molecule has 1 aliphatic heterocycles. The van der Waals surface area contributed by atoms with Crippen LogP contribution in [-0.2, 0) is 22.4 Å². The van der Waals surface area contributed by atoms with Gasteiger partial charge in [-0.15, -0.1) is 0 Å². The molecule has 0 radical (unpaired) electrons. The van der Waals surface area contributed by atoms with E-state index < -0.39 is 22.9 Å². The number of amides is 1. The van der Waals surface area contributed by atoms with Crippen LogP contribution in [0.3, 0.4) is 0 Å². The van der Waals surface area contributed by atoms with Crippen LogP contribution in [0.5, 0.6) is 0 Å². The van der Waals surface area contributed by atoms with Crippen LogP contribution in [0.1, 0.15) is 28.4 Å². The topological polar surface area (TPSA) is 98.5 Å². The van der Waals surface area contributed by atoms with E-state index in [9.17, 15) is 19.7 Å². The van der Waals surface area contributed by atoms with Gasteiger partial charge in [0.15, 0.2) is 6.10 Å². The number of nitrogens with zero attached hydrogens (tertiary/aromatic N) is 1. The number of anilines is 1. The largest absolute Gasteiger partial charge is 0.448 e. The number of nitro groups is 1. The van der Waals surface area contributed by atoms with Gasteiger partial charge in [-0.25, -0.2) is 4.79 Å². The number of nitrogens with one attached hydrogen (secondary N) is 1. The maximum atomic E-state index is 12.5. The van der Waals surface area contributed by atoms with E-state index in [1.54, 1.807) is 6.07 Å². The zero-order valence-corrected chi connectivity index (χ0v) is 14.6. The van der Waals surface area contributed by atoms with Crippen molar-refractivity contribution in [2.75, 3.05) is 5.32 Å². The van der Waals surface area contributed by atoms with Gasteiger partial charge in [0, 0.05) is 18.6 Å². The Kier molecular flexibility index (Phi) is 4.90. The smallest absolute Gasteiger partial charge is 0.339 e. The number of halogens is 1. The van der Waals surface area contributed by atoms with Crippen molar-refractivity contribution in [2.24, 2.45) is 0 Å². The lowest BCUT2D eigenvalue weighted by atomic mass is 9.95. The molecule has 7 nitrogen and oxygen atoms in total. The van der Waals surface area contributed by atoms with Crippen molar-refractivity contribution in [1.82, 2.24) is 0 Å². The Balaban J connectivity index is 1.78. The van der Waals surface area contributed by atoms with Crippen molar-refractivity contribution in [2.45, 2.75) is 25.9 Å². The quantitative estimate of drug-likeness (QED) is 0.501. The third-order valence-electron chi connectivity index (χ3n) is 4.17. The molecule has 1 N–H and O–H groups in total. The van der Waals surface area contributed by atoms with Crippen LogP contribution in [0, 0.1) is 10.1 Å². The first kappa shape index (κ1) is 17.9. The zero-order chi connectivity index (χ0) is 18.8. The minimum Gasteiger partial charge on any atom is -0.448 e. The Bertz CT molecular complexity index is 912. The molecule has 0 saturated carbocycles. The molecule has 0 aliphatic carbocycles. The van der Waals surface area contributed by atoms with E-state index in [0.29, 0.717) is 5.56 Å². The van der Waals surface area contributed by atoms with Crippen LogP contribution in [0.4, 0.5) is 11.4 Å². The number of rotatable bonds is 4. The number of fused-ring (bicyclic) bond motifs is 1. The fraction of sp³-hybridized carbons (Fsp3) is 0.222. The van der Waals surface area contributed by atoms with Crippen molar-refractivity contribution in [3.8, 4) is 0 Å². The molecule has 2 aromatic rings. The monoisotopic (exact) mass is 374 g/mol. The molecule has 3 rings (SSSR count). The molecule has 134 valence electrons. The summed E-state index contributed by atoms with van der Waals surface area (Å²) in [5.41, 5.74) is 2.32. The van der Waals surface area contributed by atoms with Gasteiger partial charge in [0.2, 0.25) is 0 Å². The van der Waals surface area contributed by atoms with Gasteiger partial charge < -0.3 is 10.1 Å². The van der Waals surface area contributed by atoms with Crippen LogP contribution < -0.4 is 5.32 Å². The average Bonchev–Trinajstić information content (AvgIpc) is 2.62. The van der Waals surface area contributed by atoms with Gasteiger partial charge in [0.05, 0.1) is 21.2 Å². The van der Waals surface area contributed by atoms with Crippen molar-refractivity contribution in [3.05, 3.63) is 68.2 Å². The fourth-order valence-corrected chi connectivity index (χ4v) is 2.97. The second-order valence-electron chi connectivity index (χ2n) is 5.85. The number of benzene rings is 2. The Morgan fingerprint density at radius 1 is 1.35 bits per heavy atom. The summed E-state index contributed by atoms with van der Waals surface area (Å²) in [5, 5.41) is 13.3. The first-order valence-corrected chi connectivity index (χ1v) is 8.34. The maximum absolute atomic E-state index is 12.5. The van der Waals surface area contributed by atoms with Crippen LogP contribution in [0.2, 0.25) is 5.02 Å². The van der Waals surface area contributed by atoms with E-state index in [-0.39, 0.29) is 22.8 Å². The average molecular weight is 375 g/mol. The number of hydrogen-bond donors (Lipinski definition) is 1. The number of carbonyl (C=O) groups excluding carboxylic acids is 2. The zero-order valence-electron chi connectivity index (χ0n) is 13.8. The molecular formula is C18H15ClN2O5. The molecule has 0 saturated heterocycles. The highest BCUT2D eigenvalue weighted by molar-refractivity contribution is 6.34.